The number of methoxy groups -OCH3 is 1. The molecular weight excluding hydrogens is 450 g/mol. The fourth-order valence-corrected chi connectivity index (χ4v) is 4.51. The summed E-state index contributed by atoms with van der Waals surface area (Å²) >= 11 is 0. The average molecular weight is 476 g/mol. The highest BCUT2D eigenvalue weighted by molar-refractivity contribution is 7.92. The molecule has 1 aliphatic rings. The first kappa shape index (κ1) is 24.1. The molecule has 176 valence electrons. The standard InChI is InChI=1S/C22H25N3O7S/c1-31-19-12-5-4-11-18(19)25-33(29,30)17-10-6-7-15(13-17)21(27)32-14-20(26)24-22(28)23-16-8-2-3-9-16/h4-7,10-13,16,25H,2-3,8-9,14H2,1H3,(H2,23,24,26,28). The monoisotopic (exact) mass is 475 g/mol. The minimum absolute atomic E-state index is 0.0366. The summed E-state index contributed by atoms with van der Waals surface area (Å²) in [5.41, 5.74) is 0.168. The van der Waals surface area contributed by atoms with Gasteiger partial charge in [-0.05, 0) is 43.2 Å². The zero-order valence-corrected chi connectivity index (χ0v) is 18.8. The molecule has 0 aromatic heterocycles. The number of esters is 1. The molecule has 0 unspecified atom stereocenters. The molecule has 0 spiro atoms. The number of imide groups is 1. The molecular formula is C22H25N3O7S. The van der Waals surface area contributed by atoms with Crippen LogP contribution in [0, 0.1) is 0 Å². The van der Waals surface area contributed by atoms with Crippen molar-refractivity contribution in [2.24, 2.45) is 0 Å². The summed E-state index contributed by atoms with van der Waals surface area (Å²) in [6, 6.07) is 11.1. The zero-order chi connectivity index (χ0) is 23.8. The van der Waals surface area contributed by atoms with Crippen molar-refractivity contribution >= 4 is 33.6 Å². The van der Waals surface area contributed by atoms with Crippen molar-refractivity contribution in [3.63, 3.8) is 0 Å². The van der Waals surface area contributed by atoms with Gasteiger partial charge in [0, 0.05) is 6.04 Å². The number of ether oxygens (including phenoxy) is 2. The number of carbonyl (C=O) groups is 3. The number of rotatable bonds is 8. The molecule has 3 rings (SSSR count). The van der Waals surface area contributed by atoms with E-state index in [2.05, 4.69) is 15.4 Å². The van der Waals surface area contributed by atoms with Crippen LogP contribution < -0.4 is 20.1 Å². The number of sulfonamides is 1. The normalized spacial score (nSPS) is 13.7. The van der Waals surface area contributed by atoms with E-state index in [1.54, 1.807) is 18.2 Å². The molecule has 0 saturated heterocycles. The minimum Gasteiger partial charge on any atom is -0.495 e. The number of carbonyl (C=O) groups excluding carboxylic acids is 3. The van der Waals surface area contributed by atoms with Crippen LogP contribution in [0.5, 0.6) is 5.75 Å². The summed E-state index contributed by atoms with van der Waals surface area (Å²) in [5, 5.41) is 4.79. The van der Waals surface area contributed by atoms with E-state index < -0.39 is 34.5 Å². The summed E-state index contributed by atoms with van der Waals surface area (Å²) in [4.78, 5) is 35.8. The Morgan fingerprint density at radius 3 is 2.48 bits per heavy atom. The number of benzene rings is 2. The van der Waals surface area contributed by atoms with Gasteiger partial charge in [0.15, 0.2) is 6.61 Å². The predicted octanol–water partition coefficient (Wildman–Crippen LogP) is 2.42. The number of hydrogen-bond donors (Lipinski definition) is 3. The van der Waals surface area contributed by atoms with E-state index in [1.165, 1.54) is 31.4 Å². The van der Waals surface area contributed by atoms with Crippen LogP contribution in [-0.2, 0) is 19.6 Å². The molecule has 0 bridgehead atoms. The van der Waals surface area contributed by atoms with E-state index >= 15 is 0 Å². The van der Waals surface area contributed by atoms with Gasteiger partial charge in [0.2, 0.25) is 0 Å². The third-order valence-electron chi connectivity index (χ3n) is 5.01. The largest absolute Gasteiger partial charge is 0.495 e. The average Bonchev–Trinajstić information content (AvgIpc) is 3.30. The molecule has 11 heteroatoms. The highest BCUT2D eigenvalue weighted by Gasteiger charge is 2.21. The number of para-hydroxylation sites is 2. The first-order valence-corrected chi connectivity index (χ1v) is 11.8. The maximum Gasteiger partial charge on any atom is 0.338 e. The lowest BCUT2D eigenvalue weighted by Gasteiger charge is -2.13. The molecule has 33 heavy (non-hydrogen) atoms. The van der Waals surface area contributed by atoms with Crippen molar-refractivity contribution in [2.75, 3.05) is 18.4 Å². The van der Waals surface area contributed by atoms with Gasteiger partial charge >= 0.3 is 12.0 Å². The van der Waals surface area contributed by atoms with Crippen LogP contribution in [0.3, 0.4) is 0 Å². The molecule has 1 saturated carbocycles. The van der Waals surface area contributed by atoms with E-state index in [0.717, 1.165) is 31.7 Å². The molecule has 2 aromatic rings. The first-order valence-electron chi connectivity index (χ1n) is 10.3. The van der Waals surface area contributed by atoms with Crippen molar-refractivity contribution < 1.29 is 32.3 Å². The van der Waals surface area contributed by atoms with Crippen molar-refractivity contribution in [1.29, 1.82) is 0 Å². The Morgan fingerprint density at radius 1 is 1.03 bits per heavy atom. The van der Waals surface area contributed by atoms with Crippen molar-refractivity contribution in [3.8, 4) is 5.75 Å². The van der Waals surface area contributed by atoms with Gasteiger partial charge in [0.25, 0.3) is 15.9 Å². The summed E-state index contributed by atoms with van der Waals surface area (Å²) in [7, 11) is -2.62. The predicted molar refractivity (Wildman–Crippen MR) is 119 cm³/mol. The third kappa shape index (κ3) is 6.69. The quantitative estimate of drug-likeness (QED) is 0.498. The van der Waals surface area contributed by atoms with E-state index in [4.69, 9.17) is 9.47 Å². The van der Waals surface area contributed by atoms with Gasteiger partial charge < -0.3 is 14.8 Å². The smallest absolute Gasteiger partial charge is 0.338 e. The molecule has 10 nitrogen and oxygen atoms in total. The molecule has 3 N–H and O–H groups in total. The lowest BCUT2D eigenvalue weighted by molar-refractivity contribution is -0.123. The van der Waals surface area contributed by atoms with Crippen LogP contribution in [0.1, 0.15) is 36.0 Å². The number of amides is 3. The Hall–Kier alpha value is -3.60. The molecule has 1 fully saturated rings. The summed E-state index contributed by atoms with van der Waals surface area (Å²) in [6.07, 6.45) is 3.78. The maximum atomic E-state index is 12.7. The van der Waals surface area contributed by atoms with Gasteiger partial charge in [0.1, 0.15) is 5.75 Å². The van der Waals surface area contributed by atoms with Crippen molar-refractivity contribution in [1.82, 2.24) is 10.6 Å². The van der Waals surface area contributed by atoms with Crippen molar-refractivity contribution in [2.45, 2.75) is 36.6 Å². The Morgan fingerprint density at radius 2 is 1.76 bits per heavy atom. The van der Waals surface area contributed by atoms with Crippen LogP contribution >= 0.6 is 0 Å². The van der Waals surface area contributed by atoms with Crippen LogP contribution in [0.15, 0.2) is 53.4 Å². The van der Waals surface area contributed by atoms with Gasteiger partial charge in [-0.25, -0.2) is 18.0 Å². The fraction of sp³-hybridized carbons (Fsp3) is 0.318. The maximum absolute atomic E-state index is 12.7. The molecule has 0 aliphatic heterocycles. The van der Waals surface area contributed by atoms with Gasteiger partial charge in [0.05, 0.1) is 23.3 Å². The van der Waals surface area contributed by atoms with E-state index in [0.29, 0.717) is 5.75 Å². The molecule has 0 radical (unpaired) electrons. The lowest BCUT2D eigenvalue weighted by Crippen LogP contribution is -2.45. The highest BCUT2D eigenvalue weighted by atomic mass is 32.2. The topological polar surface area (TPSA) is 140 Å². The Labute approximate surface area is 191 Å². The van der Waals surface area contributed by atoms with E-state index in [1.807, 2.05) is 0 Å². The van der Waals surface area contributed by atoms with Crippen LogP contribution in [0.25, 0.3) is 0 Å². The second-order valence-corrected chi connectivity index (χ2v) is 9.10. The van der Waals surface area contributed by atoms with Gasteiger partial charge in [-0.1, -0.05) is 31.0 Å². The summed E-state index contributed by atoms with van der Waals surface area (Å²) < 4.78 is 38.0. The Bertz CT molecular complexity index is 1130. The SMILES string of the molecule is COc1ccccc1NS(=O)(=O)c1cccc(C(=O)OCC(=O)NC(=O)NC2CCCC2)c1. The Balaban J connectivity index is 1.58. The first-order chi connectivity index (χ1) is 15.8. The number of hydrogen-bond acceptors (Lipinski definition) is 7. The van der Waals surface area contributed by atoms with Crippen molar-refractivity contribution in [3.05, 3.63) is 54.1 Å². The number of nitrogens with one attached hydrogen (secondary N) is 3. The fourth-order valence-electron chi connectivity index (χ4n) is 3.39. The number of anilines is 1. The highest BCUT2D eigenvalue weighted by Crippen LogP contribution is 2.26. The third-order valence-corrected chi connectivity index (χ3v) is 6.37. The number of urea groups is 1. The van der Waals surface area contributed by atoms with E-state index in [-0.39, 0.29) is 22.2 Å². The second kappa shape index (κ2) is 10.8. The van der Waals surface area contributed by atoms with Crippen LogP contribution in [0.4, 0.5) is 10.5 Å². The van der Waals surface area contributed by atoms with E-state index in [9.17, 15) is 22.8 Å². The Kier molecular flexibility index (Phi) is 7.88. The van der Waals surface area contributed by atoms with Gasteiger partial charge in [-0.2, -0.15) is 0 Å². The second-order valence-electron chi connectivity index (χ2n) is 7.41. The van der Waals surface area contributed by atoms with Crippen LogP contribution in [0.2, 0.25) is 0 Å². The lowest BCUT2D eigenvalue weighted by atomic mass is 10.2. The van der Waals surface area contributed by atoms with Crippen LogP contribution in [-0.4, -0.2) is 46.1 Å². The van der Waals surface area contributed by atoms with Gasteiger partial charge in [-0.15, -0.1) is 0 Å². The molecule has 1 aliphatic carbocycles. The molecule has 0 atom stereocenters. The zero-order valence-electron chi connectivity index (χ0n) is 18.0. The molecule has 0 heterocycles. The summed E-state index contributed by atoms with van der Waals surface area (Å²) in [6.45, 7) is -0.687. The molecule has 3 amide bonds. The molecule has 2 aromatic carbocycles. The van der Waals surface area contributed by atoms with Gasteiger partial charge in [-0.3, -0.25) is 14.8 Å². The minimum atomic E-state index is -4.03. The summed E-state index contributed by atoms with van der Waals surface area (Å²) in [5.74, 6) is -1.37.